The molecule has 5 heteroatoms. The fourth-order valence-corrected chi connectivity index (χ4v) is 2.73. The predicted molar refractivity (Wildman–Crippen MR) is 76.8 cm³/mol. The number of hydrogen-bond acceptors (Lipinski definition) is 3. The summed E-state index contributed by atoms with van der Waals surface area (Å²) in [6.45, 7) is 0. The van der Waals surface area contributed by atoms with Crippen LogP contribution < -0.4 is 0 Å². The highest BCUT2D eigenvalue weighted by Gasteiger charge is 2.12. The lowest BCUT2D eigenvalue weighted by Gasteiger charge is -2.03. The third-order valence-electron chi connectivity index (χ3n) is 2.36. The lowest BCUT2D eigenvalue weighted by Crippen LogP contribution is -1.91. The Morgan fingerprint density at radius 3 is 2.56 bits per heavy atom. The van der Waals surface area contributed by atoms with E-state index in [-0.39, 0.29) is 10.6 Å². The van der Waals surface area contributed by atoms with Crippen LogP contribution in [0.2, 0.25) is 0 Å². The van der Waals surface area contributed by atoms with Crippen molar-refractivity contribution in [2.45, 2.75) is 10.6 Å². The van der Waals surface area contributed by atoms with Gasteiger partial charge in [0.15, 0.2) is 0 Å². The molecule has 0 aliphatic carbocycles. The number of nitro benzene ring substituents is 1. The van der Waals surface area contributed by atoms with Gasteiger partial charge in [0, 0.05) is 16.7 Å². The van der Waals surface area contributed by atoms with Crippen molar-refractivity contribution < 1.29 is 4.92 Å². The molecule has 2 aromatic rings. The van der Waals surface area contributed by atoms with Crippen molar-refractivity contribution >= 4 is 33.4 Å². The number of hydrogen-bond donors (Lipinski definition) is 0. The van der Waals surface area contributed by atoms with Crippen molar-refractivity contribution in [3.8, 4) is 0 Å². The summed E-state index contributed by atoms with van der Waals surface area (Å²) in [6, 6.07) is 15.2. The second-order valence-electron chi connectivity index (χ2n) is 3.64. The Hall–Kier alpha value is -1.33. The molecule has 0 saturated carbocycles. The average molecular weight is 324 g/mol. The van der Waals surface area contributed by atoms with Crippen molar-refractivity contribution in [3.05, 3.63) is 68.7 Å². The van der Waals surface area contributed by atoms with E-state index >= 15 is 0 Å². The van der Waals surface area contributed by atoms with Crippen LogP contribution in [-0.4, -0.2) is 4.92 Å². The van der Waals surface area contributed by atoms with Crippen LogP contribution in [0.25, 0.3) is 0 Å². The third kappa shape index (κ3) is 3.34. The SMILES string of the molecule is O=[N+]([O-])c1cc(CSc2ccccc2)ccc1Br. The first-order chi connectivity index (χ1) is 8.66. The molecule has 0 aromatic heterocycles. The zero-order chi connectivity index (χ0) is 13.0. The van der Waals surface area contributed by atoms with Gasteiger partial charge in [-0.05, 0) is 39.7 Å². The minimum absolute atomic E-state index is 0.112. The second kappa shape index (κ2) is 6.02. The molecule has 18 heavy (non-hydrogen) atoms. The molecular formula is C13H10BrNO2S. The van der Waals surface area contributed by atoms with Gasteiger partial charge in [0.2, 0.25) is 0 Å². The van der Waals surface area contributed by atoms with Crippen LogP contribution in [0.15, 0.2) is 57.9 Å². The van der Waals surface area contributed by atoms with Gasteiger partial charge in [-0.1, -0.05) is 24.3 Å². The fraction of sp³-hybridized carbons (Fsp3) is 0.0769. The molecule has 0 heterocycles. The Morgan fingerprint density at radius 2 is 1.89 bits per heavy atom. The van der Waals surface area contributed by atoms with E-state index in [1.54, 1.807) is 23.9 Å². The van der Waals surface area contributed by atoms with Crippen LogP contribution in [0.5, 0.6) is 0 Å². The molecule has 92 valence electrons. The smallest absolute Gasteiger partial charge is 0.258 e. The summed E-state index contributed by atoms with van der Waals surface area (Å²) < 4.78 is 0.515. The summed E-state index contributed by atoms with van der Waals surface area (Å²) in [4.78, 5) is 11.6. The van der Waals surface area contributed by atoms with Crippen molar-refractivity contribution in [1.29, 1.82) is 0 Å². The standard InChI is InChI=1S/C13H10BrNO2S/c14-12-7-6-10(8-13(12)15(16)17)9-18-11-4-2-1-3-5-11/h1-8H,9H2. The van der Waals surface area contributed by atoms with Crippen molar-refractivity contribution in [2.24, 2.45) is 0 Å². The normalized spacial score (nSPS) is 10.3. The summed E-state index contributed by atoms with van der Waals surface area (Å²) in [7, 11) is 0. The molecule has 0 aliphatic heterocycles. The quantitative estimate of drug-likeness (QED) is 0.467. The maximum absolute atomic E-state index is 10.8. The number of nitro groups is 1. The van der Waals surface area contributed by atoms with Gasteiger partial charge in [0.1, 0.15) is 0 Å². The van der Waals surface area contributed by atoms with Gasteiger partial charge in [-0.2, -0.15) is 0 Å². The molecule has 0 unspecified atom stereocenters. The molecular weight excluding hydrogens is 314 g/mol. The summed E-state index contributed by atoms with van der Waals surface area (Å²) in [5, 5.41) is 10.8. The van der Waals surface area contributed by atoms with Crippen LogP contribution in [0.1, 0.15) is 5.56 Å². The molecule has 0 radical (unpaired) electrons. The number of nitrogens with zero attached hydrogens (tertiary/aromatic N) is 1. The number of thioether (sulfide) groups is 1. The lowest BCUT2D eigenvalue weighted by molar-refractivity contribution is -0.385. The van der Waals surface area contributed by atoms with Gasteiger partial charge < -0.3 is 0 Å². The van der Waals surface area contributed by atoms with Crippen LogP contribution in [-0.2, 0) is 5.75 Å². The van der Waals surface area contributed by atoms with E-state index < -0.39 is 0 Å². The van der Waals surface area contributed by atoms with Gasteiger partial charge in [-0.25, -0.2) is 0 Å². The minimum atomic E-state index is -0.374. The van der Waals surface area contributed by atoms with Gasteiger partial charge in [-0.15, -0.1) is 11.8 Å². The van der Waals surface area contributed by atoms with Crippen molar-refractivity contribution in [2.75, 3.05) is 0 Å². The van der Waals surface area contributed by atoms with Gasteiger partial charge in [0.05, 0.1) is 9.40 Å². The van der Waals surface area contributed by atoms with E-state index in [1.165, 1.54) is 0 Å². The molecule has 0 bridgehead atoms. The van der Waals surface area contributed by atoms with Crippen LogP contribution in [0.4, 0.5) is 5.69 Å². The molecule has 2 rings (SSSR count). The Balaban J connectivity index is 2.11. The molecule has 0 N–H and O–H groups in total. The molecule has 0 amide bonds. The van der Waals surface area contributed by atoms with E-state index in [1.807, 2.05) is 36.4 Å². The molecule has 3 nitrogen and oxygen atoms in total. The average Bonchev–Trinajstić information content (AvgIpc) is 2.38. The molecule has 0 fully saturated rings. The van der Waals surface area contributed by atoms with Crippen molar-refractivity contribution in [1.82, 2.24) is 0 Å². The summed E-state index contributed by atoms with van der Waals surface area (Å²) in [5.74, 6) is 0.720. The maximum atomic E-state index is 10.8. The molecule has 0 aliphatic rings. The van der Waals surface area contributed by atoms with Crippen LogP contribution in [0, 0.1) is 10.1 Å². The number of benzene rings is 2. The van der Waals surface area contributed by atoms with Gasteiger partial charge in [0.25, 0.3) is 5.69 Å². The molecule has 2 aromatic carbocycles. The van der Waals surface area contributed by atoms with Gasteiger partial charge >= 0.3 is 0 Å². The van der Waals surface area contributed by atoms with Crippen molar-refractivity contribution in [3.63, 3.8) is 0 Å². The lowest BCUT2D eigenvalue weighted by atomic mass is 10.2. The highest BCUT2D eigenvalue weighted by molar-refractivity contribution is 9.10. The number of halogens is 1. The summed E-state index contributed by atoms with van der Waals surface area (Å²) in [6.07, 6.45) is 0. The van der Waals surface area contributed by atoms with E-state index in [9.17, 15) is 10.1 Å². The zero-order valence-electron chi connectivity index (χ0n) is 9.38. The molecule has 0 atom stereocenters. The van der Waals surface area contributed by atoms with E-state index in [2.05, 4.69) is 15.9 Å². The second-order valence-corrected chi connectivity index (χ2v) is 5.55. The highest BCUT2D eigenvalue weighted by Crippen LogP contribution is 2.29. The first-order valence-electron chi connectivity index (χ1n) is 5.27. The summed E-state index contributed by atoms with van der Waals surface area (Å²) >= 11 is 4.84. The Labute approximate surface area is 117 Å². The highest BCUT2D eigenvalue weighted by atomic mass is 79.9. The Morgan fingerprint density at radius 1 is 1.17 bits per heavy atom. The van der Waals surface area contributed by atoms with Crippen LogP contribution >= 0.6 is 27.7 Å². The monoisotopic (exact) mass is 323 g/mol. The zero-order valence-corrected chi connectivity index (χ0v) is 11.8. The number of rotatable bonds is 4. The predicted octanol–water partition coefficient (Wildman–Crippen LogP) is 4.65. The molecule has 0 saturated heterocycles. The molecule has 0 spiro atoms. The van der Waals surface area contributed by atoms with E-state index in [0.29, 0.717) is 4.47 Å². The topological polar surface area (TPSA) is 43.1 Å². The van der Waals surface area contributed by atoms with E-state index in [0.717, 1.165) is 16.2 Å². The summed E-state index contributed by atoms with van der Waals surface area (Å²) in [5.41, 5.74) is 1.06. The Kier molecular flexibility index (Phi) is 4.38. The minimum Gasteiger partial charge on any atom is -0.258 e. The largest absolute Gasteiger partial charge is 0.283 e. The Bertz CT molecular complexity index is 560. The fourth-order valence-electron chi connectivity index (χ4n) is 1.47. The first-order valence-corrected chi connectivity index (χ1v) is 7.05. The van der Waals surface area contributed by atoms with Gasteiger partial charge in [-0.3, -0.25) is 10.1 Å². The first kappa shape index (κ1) is 13.1. The van der Waals surface area contributed by atoms with E-state index in [4.69, 9.17) is 0 Å². The maximum Gasteiger partial charge on any atom is 0.283 e. The van der Waals surface area contributed by atoms with Crippen LogP contribution in [0.3, 0.4) is 0 Å². The third-order valence-corrected chi connectivity index (χ3v) is 4.11.